The second-order valence-corrected chi connectivity index (χ2v) is 6.54. The summed E-state index contributed by atoms with van der Waals surface area (Å²) in [5.74, 6) is -0.0749. The van der Waals surface area contributed by atoms with E-state index in [1.54, 1.807) is 6.26 Å². The Kier molecular flexibility index (Phi) is 4.43. The van der Waals surface area contributed by atoms with Gasteiger partial charge in [-0.2, -0.15) is 0 Å². The largest absolute Gasteiger partial charge is 0.392 e. The number of hydrogen-bond donors (Lipinski definition) is 2. The van der Waals surface area contributed by atoms with Crippen molar-refractivity contribution in [3.8, 4) is 0 Å². The van der Waals surface area contributed by atoms with Crippen molar-refractivity contribution in [2.45, 2.75) is 31.4 Å². The zero-order valence-corrected chi connectivity index (χ0v) is 11.2. The fraction of sp³-hybridized carbons (Fsp3) is 0.800. The number of nitrogens with two attached hydrogens (primary N) is 1. The Bertz CT molecular complexity index is 327. The maximum Gasteiger partial charge on any atom is 0.233 e. The maximum atomic E-state index is 11.8. The fourth-order valence-electron chi connectivity index (χ4n) is 1.43. The first-order valence-electron chi connectivity index (χ1n) is 5.30. The third-order valence-electron chi connectivity index (χ3n) is 3.06. The van der Waals surface area contributed by atoms with Gasteiger partial charge < -0.3 is 11.1 Å². The van der Waals surface area contributed by atoms with E-state index in [2.05, 4.69) is 5.32 Å². The average Bonchev–Trinajstić information content (AvgIpc) is 2.97. The van der Waals surface area contributed by atoms with E-state index in [4.69, 9.17) is 18.0 Å². The van der Waals surface area contributed by atoms with Gasteiger partial charge in [0.25, 0.3) is 0 Å². The SMILES string of the molecule is CC(CCNC(=O)C1(C(N)=S)CC1)S(C)=O. The zero-order chi connectivity index (χ0) is 12.3. The van der Waals surface area contributed by atoms with Gasteiger partial charge in [0, 0.05) is 28.9 Å². The molecule has 0 heterocycles. The lowest BCUT2D eigenvalue weighted by atomic mass is 10.1. The Hall–Kier alpha value is -0.490. The van der Waals surface area contributed by atoms with Gasteiger partial charge in [0.2, 0.25) is 5.91 Å². The third kappa shape index (κ3) is 3.01. The summed E-state index contributed by atoms with van der Waals surface area (Å²) < 4.78 is 11.1. The summed E-state index contributed by atoms with van der Waals surface area (Å²) in [6, 6.07) is 0. The summed E-state index contributed by atoms with van der Waals surface area (Å²) in [6.07, 6.45) is 3.89. The van der Waals surface area contributed by atoms with E-state index in [0.29, 0.717) is 13.0 Å². The summed E-state index contributed by atoms with van der Waals surface area (Å²) in [6.45, 7) is 2.44. The van der Waals surface area contributed by atoms with Crippen molar-refractivity contribution < 1.29 is 9.00 Å². The van der Waals surface area contributed by atoms with E-state index in [9.17, 15) is 9.00 Å². The number of rotatable bonds is 6. The zero-order valence-electron chi connectivity index (χ0n) is 9.62. The van der Waals surface area contributed by atoms with Crippen molar-refractivity contribution >= 4 is 33.9 Å². The molecule has 6 heteroatoms. The molecule has 1 aliphatic rings. The van der Waals surface area contributed by atoms with Gasteiger partial charge >= 0.3 is 0 Å². The predicted molar refractivity (Wildman–Crippen MR) is 69.6 cm³/mol. The Morgan fingerprint density at radius 3 is 2.56 bits per heavy atom. The highest BCUT2D eigenvalue weighted by atomic mass is 32.2. The molecule has 1 fully saturated rings. The molecule has 0 aromatic heterocycles. The van der Waals surface area contributed by atoms with E-state index < -0.39 is 16.2 Å². The molecule has 1 amide bonds. The van der Waals surface area contributed by atoms with Crippen LogP contribution >= 0.6 is 12.2 Å². The number of carbonyl (C=O) groups excluding carboxylic acids is 1. The molecule has 2 atom stereocenters. The second-order valence-electron chi connectivity index (χ2n) is 4.30. The number of hydrogen-bond acceptors (Lipinski definition) is 3. The molecular weight excluding hydrogens is 244 g/mol. The number of thiocarbonyl (C=S) groups is 1. The summed E-state index contributed by atoms with van der Waals surface area (Å²) in [5, 5.41) is 2.91. The highest BCUT2D eigenvalue weighted by molar-refractivity contribution is 7.84. The van der Waals surface area contributed by atoms with E-state index in [0.717, 1.165) is 12.8 Å². The molecule has 3 N–H and O–H groups in total. The van der Waals surface area contributed by atoms with Gasteiger partial charge in [-0.3, -0.25) is 9.00 Å². The minimum atomic E-state index is -0.841. The molecule has 1 saturated carbocycles. The Labute approximate surface area is 104 Å². The van der Waals surface area contributed by atoms with Crippen LogP contribution in [0.1, 0.15) is 26.2 Å². The summed E-state index contributed by atoms with van der Waals surface area (Å²) in [4.78, 5) is 12.1. The van der Waals surface area contributed by atoms with Crippen LogP contribution in [0.4, 0.5) is 0 Å². The molecule has 0 aromatic carbocycles. The van der Waals surface area contributed by atoms with Crippen molar-refractivity contribution in [2.75, 3.05) is 12.8 Å². The second kappa shape index (κ2) is 5.23. The smallest absolute Gasteiger partial charge is 0.233 e. The highest BCUT2D eigenvalue weighted by Gasteiger charge is 2.52. The van der Waals surface area contributed by atoms with E-state index in [1.165, 1.54) is 0 Å². The molecule has 92 valence electrons. The van der Waals surface area contributed by atoms with Crippen molar-refractivity contribution in [2.24, 2.45) is 11.1 Å². The van der Waals surface area contributed by atoms with E-state index in [1.807, 2.05) is 6.92 Å². The standard InChI is InChI=1S/C10H18N2O2S2/c1-7(16(2)14)3-6-12-9(13)10(4-5-10)8(11)15/h7H,3-6H2,1-2H3,(H2,11,15)(H,12,13). The van der Waals surface area contributed by atoms with Crippen LogP contribution in [0, 0.1) is 5.41 Å². The normalized spacial score (nSPS) is 20.9. The molecule has 0 saturated heterocycles. The molecule has 16 heavy (non-hydrogen) atoms. The van der Waals surface area contributed by atoms with Gasteiger partial charge in [0.1, 0.15) is 0 Å². The van der Waals surface area contributed by atoms with Gasteiger partial charge in [-0.15, -0.1) is 0 Å². The van der Waals surface area contributed by atoms with Crippen LogP contribution in [0.3, 0.4) is 0 Å². The van der Waals surface area contributed by atoms with Crippen LogP contribution in [0.2, 0.25) is 0 Å². The van der Waals surface area contributed by atoms with Gasteiger partial charge in [0.05, 0.1) is 10.4 Å². The lowest BCUT2D eigenvalue weighted by molar-refractivity contribution is -0.123. The van der Waals surface area contributed by atoms with Crippen LogP contribution in [0.15, 0.2) is 0 Å². The molecule has 4 nitrogen and oxygen atoms in total. The minimum Gasteiger partial charge on any atom is -0.392 e. The first-order chi connectivity index (χ1) is 7.40. The minimum absolute atomic E-state index is 0.0749. The summed E-state index contributed by atoms with van der Waals surface area (Å²) >= 11 is 4.88. The topological polar surface area (TPSA) is 72.2 Å². The van der Waals surface area contributed by atoms with E-state index in [-0.39, 0.29) is 16.1 Å². The van der Waals surface area contributed by atoms with Crippen LogP contribution in [0.5, 0.6) is 0 Å². The maximum absolute atomic E-state index is 11.8. The van der Waals surface area contributed by atoms with Crippen LogP contribution in [-0.2, 0) is 15.6 Å². The molecule has 1 rings (SSSR count). The molecule has 2 unspecified atom stereocenters. The average molecular weight is 262 g/mol. The first-order valence-corrected chi connectivity index (χ1v) is 7.33. The van der Waals surface area contributed by atoms with Crippen molar-refractivity contribution in [3.63, 3.8) is 0 Å². The lowest BCUT2D eigenvalue weighted by Gasteiger charge is -2.14. The molecular formula is C10H18N2O2S2. The predicted octanol–water partition coefficient (Wildman–Crippen LogP) is 0.326. The van der Waals surface area contributed by atoms with Crippen LogP contribution in [0.25, 0.3) is 0 Å². The number of amides is 1. The highest BCUT2D eigenvalue weighted by Crippen LogP contribution is 2.46. The molecule has 0 aromatic rings. The number of carbonyl (C=O) groups is 1. The van der Waals surface area contributed by atoms with Gasteiger partial charge in [-0.25, -0.2) is 0 Å². The van der Waals surface area contributed by atoms with Gasteiger partial charge in [-0.1, -0.05) is 19.1 Å². The van der Waals surface area contributed by atoms with Crippen LogP contribution in [-0.4, -0.2) is 33.2 Å². The quantitative estimate of drug-likeness (QED) is 0.677. The Morgan fingerprint density at radius 1 is 1.62 bits per heavy atom. The Balaban J connectivity index is 2.32. The fourth-order valence-corrected chi connectivity index (χ4v) is 2.18. The van der Waals surface area contributed by atoms with Gasteiger partial charge in [-0.05, 0) is 19.3 Å². The summed E-state index contributed by atoms with van der Waals surface area (Å²) in [5.41, 5.74) is 4.96. The number of nitrogens with one attached hydrogen (secondary N) is 1. The third-order valence-corrected chi connectivity index (χ3v) is 4.82. The lowest BCUT2D eigenvalue weighted by Crippen LogP contribution is -2.40. The molecule has 1 aliphatic carbocycles. The monoisotopic (exact) mass is 262 g/mol. The van der Waals surface area contributed by atoms with Crippen LogP contribution < -0.4 is 11.1 Å². The Morgan fingerprint density at radius 2 is 2.19 bits per heavy atom. The van der Waals surface area contributed by atoms with E-state index >= 15 is 0 Å². The first kappa shape index (κ1) is 13.6. The molecule has 0 aliphatic heterocycles. The van der Waals surface area contributed by atoms with Crippen molar-refractivity contribution in [1.29, 1.82) is 0 Å². The summed E-state index contributed by atoms with van der Waals surface area (Å²) in [7, 11) is -0.841. The molecule has 0 radical (unpaired) electrons. The van der Waals surface area contributed by atoms with Gasteiger partial charge in [0.15, 0.2) is 0 Å². The molecule has 0 spiro atoms. The van der Waals surface area contributed by atoms with Crippen molar-refractivity contribution in [1.82, 2.24) is 5.32 Å². The van der Waals surface area contributed by atoms with Crippen molar-refractivity contribution in [3.05, 3.63) is 0 Å². The molecule has 0 bridgehead atoms.